The summed E-state index contributed by atoms with van der Waals surface area (Å²) in [5, 5.41) is 11.1. The van der Waals surface area contributed by atoms with E-state index in [0.29, 0.717) is 10.6 Å². The van der Waals surface area contributed by atoms with Gasteiger partial charge in [0.05, 0.1) is 5.69 Å². The standard InChI is InChI=1S/C13H8ClF2NO2/c14-8-3-1-2-7(4-8)9-5-10(15)11(16)6-12(9)17-13(18)19/h1-6,17H,(H,18,19). The van der Waals surface area contributed by atoms with Crippen molar-refractivity contribution in [1.29, 1.82) is 0 Å². The highest BCUT2D eigenvalue weighted by Crippen LogP contribution is 2.31. The number of benzene rings is 2. The van der Waals surface area contributed by atoms with Crippen LogP contribution in [-0.2, 0) is 0 Å². The fourth-order valence-electron chi connectivity index (χ4n) is 1.66. The lowest BCUT2D eigenvalue weighted by Gasteiger charge is -2.10. The third-order valence-electron chi connectivity index (χ3n) is 2.44. The molecule has 1 amide bonds. The van der Waals surface area contributed by atoms with Gasteiger partial charge in [-0.1, -0.05) is 23.7 Å². The van der Waals surface area contributed by atoms with Crippen LogP contribution in [0.3, 0.4) is 0 Å². The molecule has 6 heteroatoms. The van der Waals surface area contributed by atoms with Gasteiger partial charge in [0.15, 0.2) is 11.6 Å². The maximum Gasteiger partial charge on any atom is 0.409 e. The Hall–Kier alpha value is -2.14. The predicted octanol–water partition coefficient (Wildman–Crippen LogP) is 4.38. The number of anilines is 1. The number of halogens is 3. The minimum Gasteiger partial charge on any atom is -0.465 e. The topological polar surface area (TPSA) is 49.3 Å². The van der Waals surface area contributed by atoms with E-state index in [4.69, 9.17) is 16.7 Å². The van der Waals surface area contributed by atoms with Crippen molar-refractivity contribution in [2.45, 2.75) is 0 Å². The molecule has 0 saturated carbocycles. The molecule has 0 radical (unpaired) electrons. The van der Waals surface area contributed by atoms with E-state index >= 15 is 0 Å². The molecule has 3 nitrogen and oxygen atoms in total. The van der Waals surface area contributed by atoms with Crippen molar-refractivity contribution in [3.63, 3.8) is 0 Å². The average Bonchev–Trinajstić information content (AvgIpc) is 2.33. The van der Waals surface area contributed by atoms with Gasteiger partial charge >= 0.3 is 6.09 Å². The molecule has 0 fully saturated rings. The molecule has 0 bridgehead atoms. The van der Waals surface area contributed by atoms with Gasteiger partial charge in [-0.15, -0.1) is 0 Å². The van der Waals surface area contributed by atoms with Crippen LogP contribution in [0.1, 0.15) is 0 Å². The number of hydrogen-bond acceptors (Lipinski definition) is 1. The molecule has 2 aromatic rings. The van der Waals surface area contributed by atoms with Crippen molar-refractivity contribution in [2.24, 2.45) is 0 Å². The summed E-state index contributed by atoms with van der Waals surface area (Å²) in [6.07, 6.45) is -1.37. The van der Waals surface area contributed by atoms with Gasteiger partial charge in [-0.25, -0.2) is 13.6 Å². The lowest BCUT2D eigenvalue weighted by atomic mass is 10.0. The molecule has 2 rings (SSSR count). The van der Waals surface area contributed by atoms with Gasteiger partial charge in [0.1, 0.15) is 0 Å². The highest BCUT2D eigenvalue weighted by Gasteiger charge is 2.13. The Bertz CT molecular complexity index is 647. The van der Waals surface area contributed by atoms with Crippen LogP contribution in [0.2, 0.25) is 5.02 Å². The number of carbonyl (C=O) groups is 1. The number of nitrogens with one attached hydrogen (secondary N) is 1. The maximum atomic E-state index is 13.3. The van der Waals surface area contributed by atoms with Gasteiger partial charge in [0.2, 0.25) is 0 Å². The van der Waals surface area contributed by atoms with E-state index in [0.717, 1.165) is 12.1 Å². The van der Waals surface area contributed by atoms with Crippen molar-refractivity contribution in [3.8, 4) is 11.1 Å². The van der Waals surface area contributed by atoms with Crippen LogP contribution in [0.4, 0.5) is 19.3 Å². The molecular weight excluding hydrogens is 276 g/mol. The van der Waals surface area contributed by atoms with Gasteiger partial charge in [-0.2, -0.15) is 0 Å². The number of rotatable bonds is 2. The van der Waals surface area contributed by atoms with Crippen LogP contribution in [0.15, 0.2) is 36.4 Å². The Kier molecular flexibility index (Phi) is 3.66. The van der Waals surface area contributed by atoms with E-state index in [1.165, 1.54) is 6.07 Å². The van der Waals surface area contributed by atoms with E-state index in [9.17, 15) is 13.6 Å². The Morgan fingerprint density at radius 1 is 1.16 bits per heavy atom. The second-order valence-corrected chi connectivity index (χ2v) is 4.19. The molecular formula is C13H8ClF2NO2. The highest BCUT2D eigenvalue weighted by atomic mass is 35.5. The first-order chi connectivity index (χ1) is 8.97. The fraction of sp³-hybridized carbons (Fsp3) is 0. The first-order valence-electron chi connectivity index (χ1n) is 5.22. The van der Waals surface area contributed by atoms with Crippen molar-refractivity contribution in [3.05, 3.63) is 53.1 Å². The zero-order valence-electron chi connectivity index (χ0n) is 9.45. The quantitative estimate of drug-likeness (QED) is 0.859. The molecule has 98 valence electrons. The lowest BCUT2D eigenvalue weighted by molar-refractivity contribution is 0.209. The normalized spacial score (nSPS) is 10.3. The third-order valence-corrected chi connectivity index (χ3v) is 2.67. The first-order valence-corrected chi connectivity index (χ1v) is 5.60. The molecule has 0 aromatic heterocycles. The summed E-state index contributed by atoms with van der Waals surface area (Å²) < 4.78 is 26.5. The zero-order valence-corrected chi connectivity index (χ0v) is 10.2. The summed E-state index contributed by atoms with van der Waals surface area (Å²) in [5.74, 6) is -2.19. The van der Waals surface area contributed by atoms with Crippen LogP contribution in [0.5, 0.6) is 0 Å². The predicted molar refractivity (Wildman–Crippen MR) is 68.5 cm³/mol. The Balaban J connectivity index is 2.60. The largest absolute Gasteiger partial charge is 0.465 e. The summed E-state index contributed by atoms with van der Waals surface area (Å²) >= 11 is 5.82. The van der Waals surface area contributed by atoms with Crippen LogP contribution in [0, 0.1) is 11.6 Å². The van der Waals surface area contributed by atoms with Gasteiger partial charge in [-0.3, -0.25) is 5.32 Å². The van der Waals surface area contributed by atoms with Gasteiger partial charge < -0.3 is 5.11 Å². The third kappa shape index (κ3) is 3.00. The molecule has 0 unspecified atom stereocenters. The van der Waals surface area contributed by atoms with E-state index in [1.807, 2.05) is 5.32 Å². The van der Waals surface area contributed by atoms with Crippen LogP contribution < -0.4 is 5.32 Å². The van der Waals surface area contributed by atoms with Crippen LogP contribution in [0.25, 0.3) is 11.1 Å². The summed E-state index contributed by atoms with van der Waals surface area (Å²) in [6.45, 7) is 0. The molecule has 0 saturated heterocycles. The Morgan fingerprint density at radius 3 is 2.47 bits per heavy atom. The van der Waals surface area contributed by atoms with Gasteiger partial charge in [-0.05, 0) is 23.8 Å². The fourth-order valence-corrected chi connectivity index (χ4v) is 1.85. The maximum absolute atomic E-state index is 13.3. The minimum absolute atomic E-state index is 0.0475. The van der Waals surface area contributed by atoms with Crippen molar-refractivity contribution >= 4 is 23.4 Å². The van der Waals surface area contributed by atoms with E-state index in [1.54, 1.807) is 18.2 Å². The molecule has 0 aliphatic carbocycles. The SMILES string of the molecule is O=C(O)Nc1cc(F)c(F)cc1-c1cccc(Cl)c1. The van der Waals surface area contributed by atoms with Gasteiger partial charge in [0.25, 0.3) is 0 Å². The molecule has 0 spiro atoms. The monoisotopic (exact) mass is 283 g/mol. The summed E-state index contributed by atoms with van der Waals surface area (Å²) in [6, 6.07) is 8.11. The second kappa shape index (κ2) is 5.24. The van der Waals surface area contributed by atoms with E-state index in [-0.39, 0.29) is 11.3 Å². The van der Waals surface area contributed by atoms with Crippen LogP contribution in [-0.4, -0.2) is 11.2 Å². The summed E-state index contributed by atoms with van der Waals surface area (Å²) in [7, 11) is 0. The zero-order chi connectivity index (χ0) is 14.0. The summed E-state index contributed by atoms with van der Waals surface area (Å²) in [4.78, 5) is 10.7. The molecule has 0 aliphatic rings. The first kappa shape index (κ1) is 13.3. The van der Waals surface area contributed by atoms with Crippen molar-refractivity contribution in [2.75, 3.05) is 5.32 Å². The highest BCUT2D eigenvalue weighted by molar-refractivity contribution is 6.30. The second-order valence-electron chi connectivity index (χ2n) is 3.75. The van der Waals surface area contributed by atoms with Crippen LogP contribution >= 0.6 is 11.6 Å². The number of amides is 1. The van der Waals surface area contributed by atoms with Gasteiger partial charge in [0, 0.05) is 16.7 Å². The smallest absolute Gasteiger partial charge is 0.409 e. The lowest BCUT2D eigenvalue weighted by Crippen LogP contribution is -2.09. The molecule has 19 heavy (non-hydrogen) atoms. The van der Waals surface area contributed by atoms with E-state index < -0.39 is 17.7 Å². The molecule has 2 aromatic carbocycles. The Labute approximate surface area is 112 Å². The molecule has 0 atom stereocenters. The van der Waals surface area contributed by atoms with E-state index in [2.05, 4.69) is 0 Å². The number of hydrogen-bond donors (Lipinski definition) is 2. The minimum atomic E-state index is -1.37. The summed E-state index contributed by atoms with van der Waals surface area (Å²) in [5.41, 5.74) is 0.646. The number of carboxylic acid groups (broad SMARTS) is 1. The Morgan fingerprint density at radius 2 is 1.84 bits per heavy atom. The van der Waals surface area contributed by atoms with Crippen molar-refractivity contribution in [1.82, 2.24) is 0 Å². The molecule has 0 aliphatic heterocycles. The molecule has 2 N–H and O–H groups in total. The molecule has 0 heterocycles. The van der Waals surface area contributed by atoms with Crippen molar-refractivity contribution < 1.29 is 18.7 Å². The average molecular weight is 284 g/mol.